The first-order chi connectivity index (χ1) is 12.2. The van der Waals surface area contributed by atoms with Crippen molar-refractivity contribution in [1.82, 2.24) is 5.48 Å². The van der Waals surface area contributed by atoms with Gasteiger partial charge in [-0.05, 0) is 12.8 Å². The predicted molar refractivity (Wildman–Crippen MR) is 104 cm³/mol. The van der Waals surface area contributed by atoms with Crippen LogP contribution in [-0.4, -0.2) is 11.9 Å². The summed E-state index contributed by atoms with van der Waals surface area (Å²) in [6.07, 6.45) is 19.3. The van der Waals surface area contributed by atoms with E-state index >= 15 is 0 Å². The molecule has 0 radical (unpaired) electrons. The van der Waals surface area contributed by atoms with Crippen LogP contribution in [0.15, 0.2) is 0 Å². The van der Waals surface area contributed by atoms with E-state index in [0.29, 0.717) is 12.8 Å². The number of amides is 1. The van der Waals surface area contributed by atoms with Gasteiger partial charge in [0, 0.05) is 12.8 Å². The quantitative estimate of drug-likeness (QED) is 0.248. The maximum absolute atomic E-state index is 11.5. The Morgan fingerprint density at radius 2 is 1.04 bits per heavy atom. The van der Waals surface area contributed by atoms with Gasteiger partial charge in [0.1, 0.15) is 0 Å². The Kier molecular flexibility index (Phi) is 18.5. The van der Waals surface area contributed by atoms with E-state index in [-0.39, 0.29) is 11.9 Å². The summed E-state index contributed by atoms with van der Waals surface area (Å²) in [5, 5.41) is 0. The number of hydrogen-bond acceptors (Lipinski definition) is 3. The van der Waals surface area contributed by atoms with Crippen LogP contribution in [0.5, 0.6) is 0 Å². The molecule has 0 rings (SSSR count). The summed E-state index contributed by atoms with van der Waals surface area (Å²) >= 11 is 0. The topological polar surface area (TPSA) is 55.4 Å². The zero-order valence-electron chi connectivity index (χ0n) is 16.7. The van der Waals surface area contributed by atoms with Gasteiger partial charge in [-0.3, -0.25) is 4.79 Å². The molecule has 0 aliphatic heterocycles. The fourth-order valence-corrected chi connectivity index (χ4v) is 2.84. The van der Waals surface area contributed by atoms with E-state index < -0.39 is 0 Å². The van der Waals surface area contributed by atoms with Gasteiger partial charge in [-0.2, -0.15) is 5.48 Å². The van der Waals surface area contributed by atoms with Gasteiger partial charge in [0.25, 0.3) is 5.91 Å². The molecule has 0 aromatic rings. The third-order valence-corrected chi connectivity index (χ3v) is 4.52. The molecule has 148 valence electrons. The number of nitrogens with one attached hydrogen (secondary N) is 1. The summed E-state index contributed by atoms with van der Waals surface area (Å²) in [6, 6.07) is 0. The van der Waals surface area contributed by atoms with Gasteiger partial charge in [0.2, 0.25) is 0 Å². The standard InChI is InChI=1S/C21H41NO3/c1-3-5-7-8-9-10-11-12-13-14-15-16-17-18-20(23)22-25-21(24)19-6-4-2/h3-19H2,1-2H3,(H,22,23). The Hall–Kier alpha value is -1.06. The molecule has 0 atom stereocenters. The molecule has 4 heteroatoms. The highest BCUT2D eigenvalue weighted by molar-refractivity contribution is 5.77. The molecule has 0 aliphatic rings. The molecule has 25 heavy (non-hydrogen) atoms. The molecule has 0 saturated heterocycles. The fourth-order valence-electron chi connectivity index (χ4n) is 2.84. The highest BCUT2D eigenvalue weighted by Gasteiger charge is 2.06. The molecular weight excluding hydrogens is 314 g/mol. The molecule has 0 heterocycles. The lowest BCUT2D eigenvalue weighted by molar-refractivity contribution is -0.158. The number of carbonyl (C=O) groups is 2. The van der Waals surface area contributed by atoms with Gasteiger partial charge in [0.15, 0.2) is 0 Å². The van der Waals surface area contributed by atoms with Gasteiger partial charge in [-0.1, -0.05) is 97.3 Å². The zero-order valence-corrected chi connectivity index (χ0v) is 16.7. The summed E-state index contributed by atoms with van der Waals surface area (Å²) in [5.41, 5.74) is 2.25. The summed E-state index contributed by atoms with van der Waals surface area (Å²) in [7, 11) is 0. The van der Waals surface area contributed by atoms with E-state index in [0.717, 1.165) is 25.7 Å². The number of unbranched alkanes of at least 4 members (excludes halogenated alkanes) is 13. The van der Waals surface area contributed by atoms with Gasteiger partial charge >= 0.3 is 5.97 Å². The van der Waals surface area contributed by atoms with E-state index in [1.807, 2.05) is 6.92 Å². The van der Waals surface area contributed by atoms with Crippen molar-refractivity contribution in [2.75, 3.05) is 0 Å². The first kappa shape index (κ1) is 23.9. The summed E-state index contributed by atoms with van der Waals surface area (Å²) in [5.74, 6) is -0.534. The monoisotopic (exact) mass is 355 g/mol. The Labute approximate surface area is 155 Å². The molecule has 0 aromatic carbocycles. The van der Waals surface area contributed by atoms with Crippen LogP contribution in [0.1, 0.15) is 123 Å². The molecule has 0 aromatic heterocycles. The Morgan fingerprint density at radius 3 is 1.52 bits per heavy atom. The van der Waals surface area contributed by atoms with Crippen LogP contribution < -0.4 is 5.48 Å². The van der Waals surface area contributed by atoms with Crippen LogP contribution in [0.4, 0.5) is 0 Å². The van der Waals surface area contributed by atoms with Crippen LogP contribution in [0.25, 0.3) is 0 Å². The van der Waals surface area contributed by atoms with Gasteiger partial charge in [-0.15, -0.1) is 0 Å². The Balaban J connectivity index is 3.22. The van der Waals surface area contributed by atoms with Crippen molar-refractivity contribution in [3.63, 3.8) is 0 Å². The number of rotatable bonds is 17. The van der Waals surface area contributed by atoms with Crippen molar-refractivity contribution in [2.45, 2.75) is 123 Å². The summed E-state index contributed by atoms with van der Waals surface area (Å²) < 4.78 is 0. The van der Waals surface area contributed by atoms with Crippen molar-refractivity contribution in [3.8, 4) is 0 Å². The number of carbonyl (C=O) groups excluding carboxylic acids is 2. The minimum absolute atomic E-state index is 0.187. The molecular formula is C21H41NO3. The second-order valence-electron chi connectivity index (χ2n) is 7.10. The second-order valence-corrected chi connectivity index (χ2v) is 7.10. The molecule has 1 amide bonds. The SMILES string of the molecule is CCCCCCCCCCCCCCCC(=O)NOC(=O)CCCC. The lowest BCUT2D eigenvalue weighted by atomic mass is 10.0. The van der Waals surface area contributed by atoms with Gasteiger partial charge in [0.05, 0.1) is 0 Å². The normalized spacial score (nSPS) is 10.6. The fraction of sp³-hybridized carbons (Fsp3) is 0.905. The molecule has 0 aliphatic carbocycles. The molecule has 0 bridgehead atoms. The molecule has 4 nitrogen and oxygen atoms in total. The maximum atomic E-state index is 11.5. The minimum atomic E-state index is -0.347. The number of hydrogen-bond donors (Lipinski definition) is 1. The molecule has 0 fully saturated rings. The predicted octanol–water partition coefficient (Wildman–Crippen LogP) is 6.23. The van der Waals surface area contributed by atoms with E-state index in [9.17, 15) is 9.59 Å². The lowest BCUT2D eigenvalue weighted by Gasteiger charge is -2.05. The van der Waals surface area contributed by atoms with E-state index in [1.54, 1.807) is 0 Å². The molecule has 0 spiro atoms. The first-order valence-electron chi connectivity index (χ1n) is 10.7. The average molecular weight is 356 g/mol. The highest BCUT2D eigenvalue weighted by Crippen LogP contribution is 2.12. The van der Waals surface area contributed by atoms with Crippen molar-refractivity contribution in [1.29, 1.82) is 0 Å². The molecule has 1 N–H and O–H groups in total. The molecule has 0 saturated carbocycles. The number of hydroxylamine groups is 1. The maximum Gasteiger partial charge on any atom is 0.332 e. The van der Waals surface area contributed by atoms with E-state index in [1.165, 1.54) is 70.6 Å². The zero-order chi connectivity index (χ0) is 18.6. The van der Waals surface area contributed by atoms with Crippen molar-refractivity contribution >= 4 is 11.9 Å². The van der Waals surface area contributed by atoms with Crippen molar-refractivity contribution in [2.24, 2.45) is 0 Å². The Morgan fingerprint density at radius 1 is 0.600 bits per heavy atom. The van der Waals surface area contributed by atoms with Crippen LogP contribution >= 0.6 is 0 Å². The van der Waals surface area contributed by atoms with E-state index in [2.05, 4.69) is 12.4 Å². The van der Waals surface area contributed by atoms with Crippen LogP contribution in [0, 0.1) is 0 Å². The van der Waals surface area contributed by atoms with Gasteiger partial charge in [-0.25, -0.2) is 4.79 Å². The highest BCUT2D eigenvalue weighted by atomic mass is 16.7. The minimum Gasteiger partial charge on any atom is -0.341 e. The van der Waals surface area contributed by atoms with Crippen LogP contribution in [-0.2, 0) is 14.4 Å². The van der Waals surface area contributed by atoms with Crippen LogP contribution in [0.2, 0.25) is 0 Å². The summed E-state index contributed by atoms with van der Waals surface area (Å²) in [4.78, 5) is 27.5. The third-order valence-electron chi connectivity index (χ3n) is 4.52. The Bertz CT molecular complexity index is 318. The average Bonchev–Trinajstić information content (AvgIpc) is 2.62. The first-order valence-corrected chi connectivity index (χ1v) is 10.7. The van der Waals surface area contributed by atoms with Gasteiger partial charge < -0.3 is 4.84 Å². The summed E-state index contributed by atoms with van der Waals surface area (Å²) in [6.45, 7) is 4.27. The van der Waals surface area contributed by atoms with Crippen molar-refractivity contribution < 1.29 is 14.4 Å². The third kappa shape index (κ3) is 19.1. The van der Waals surface area contributed by atoms with Crippen LogP contribution in [0.3, 0.4) is 0 Å². The van der Waals surface area contributed by atoms with Crippen molar-refractivity contribution in [3.05, 3.63) is 0 Å². The molecule has 0 unspecified atom stereocenters. The van der Waals surface area contributed by atoms with E-state index in [4.69, 9.17) is 4.84 Å². The smallest absolute Gasteiger partial charge is 0.332 e. The lowest BCUT2D eigenvalue weighted by Crippen LogP contribution is -2.26. The second kappa shape index (κ2) is 19.3. The largest absolute Gasteiger partial charge is 0.341 e.